The smallest absolute Gasteiger partial charge is 0.0719 e. The van der Waals surface area contributed by atoms with Crippen molar-refractivity contribution in [2.45, 2.75) is 12.8 Å². The highest BCUT2D eigenvalue weighted by Crippen LogP contribution is 2.44. The van der Waals surface area contributed by atoms with Gasteiger partial charge in [-0.2, -0.15) is 0 Å². The number of nitrogens with zero attached hydrogens (tertiary/aromatic N) is 1. The minimum absolute atomic E-state index is 0.973. The number of benzene rings is 2. The van der Waals surface area contributed by atoms with E-state index >= 15 is 0 Å². The summed E-state index contributed by atoms with van der Waals surface area (Å²) in [5.74, 6) is 0. The van der Waals surface area contributed by atoms with Crippen LogP contribution in [0.25, 0.3) is 16.7 Å². The van der Waals surface area contributed by atoms with E-state index in [1.165, 1.54) is 44.2 Å². The molecule has 1 heteroatoms. The molecule has 0 fully saturated rings. The Hall–Kier alpha value is -3.19. The van der Waals surface area contributed by atoms with Crippen molar-refractivity contribution in [3.8, 4) is 11.1 Å². The van der Waals surface area contributed by atoms with Gasteiger partial charge >= 0.3 is 0 Å². The second kappa shape index (κ2) is 5.15. The maximum atomic E-state index is 4.96. The van der Waals surface area contributed by atoms with E-state index < -0.39 is 0 Å². The van der Waals surface area contributed by atoms with Crippen molar-refractivity contribution < 1.29 is 0 Å². The summed E-state index contributed by atoms with van der Waals surface area (Å²) in [6, 6.07) is 17.2. The highest BCUT2D eigenvalue weighted by atomic mass is 14.8. The summed E-state index contributed by atoms with van der Waals surface area (Å²) in [6.45, 7) is 0. The largest absolute Gasteiger partial charge is 0.248 e. The average Bonchev–Trinajstić information content (AvgIpc) is 3.24. The van der Waals surface area contributed by atoms with E-state index in [-0.39, 0.29) is 0 Å². The van der Waals surface area contributed by atoms with Crippen LogP contribution in [0.15, 0.2) is 112 Å². The van der Waals surface area contributed by atoms with Gasteiger partial charge in [-0.15, -0.1) is 0 Å². The van der Waals surface area contributed by atoms with Gasteiger partial charge < -0.3 is 0 Å². The fourth-order valence-corrected chi connectivity index (χ4v) is 4.50. The molecule has 0 aromatic heterocycles. The van der Waals surface area contributed by atoms with Crippen LogP contribution in [-0.2, 0) is 0 Å². The first-order valence-electron chi connectivity index (χ1n) is 9.19. The van der Waals surface area contributed by atoms with Crippen molar-refractivity contribution in [2.75, 3.05) is 0 Å². The summed E-state index contributed by atoms with van der Waals surface area (Å²) in [5.41, 5.74) is 10.7. The lowest BCUT2D eigenvalue weighted by Crippen LogP contribution is -2.25. The Kier molecular flexibility index (Phi) is 2.78. The van der Waals surface area contributed by atoms with E-state index in [9.17, 15) is 0 Å². The molecule has 0 spiro atoms. The lowest BCUT2D eigenvalue weighted by atomic mass is 9.87. The lowest BCUT2D eigenvalue weighted by molar-refractivity contribution is 1.16. The van der Waals surface area contributed by atoms with Gasteiger partial charge in [-0.25, -0.2) is 4.99 Å². The van der Waals surface area contributed by atoms with Crippen LogP contribution in [0, 0.1) is 0 Å². The van der Waals surface area contributed by atoms with Crippen LogP contribution in [0.5, 0.6) is 0 Å². The van der Waals surface area contributed by atoms with Crippen LogP contribution in [0.1, 0.15) is 12.8 Å². The van der Waals surface area contributed by atoms with Crippen molar-refractivity contribution in [3.05, 3.63) is 117 Å². The molecule has 122 valence electrons. The molecule has 6 rings (SSSR count). The van der Waals surface area contributed by atoms with Crippen molar-refractivity contribution in [1.82, 2.24) is 0 Å². The SMILES string of the molecule is C1=CC2=CC3=C(CC4=c5c(-c6ccccc6)cccc5=NC4=C3)C2=CC1. The van der Waals surface area contributed by atoms with E-state index in [4.69, 9.17) is 4.99 Å². The van der Waals surface area contributed by atoms with Gasteiger partial charge in [-0.3, -0.25) is 0 Å². The first-order chi connectivity index (χ1) is 12.9. The zero-order valence-corrected chi connectivity index (χ0v) is 14.4. The number of allylic oxidation sites excluding steroid dienone is 10. The van der Waals surface area contributed by atoms with Gasteiger partial charge in [-0.05, 0) is 63.6 Å². The fraction of sp³-hybridized carbons (Fsp3) is 0.0800. The monoisotopic (exact) mass is 331 g/mol. The van der Waals surface area contributed by atoms with E-state index in [1.54, 1.807) is 0 Å². The van der Waals surface area contributed by atoms with Crippen LogP contribution in [-0.4, -0.2) is 0 Å². The molecular formula is C25H17N. The van der Waals surface area contributed by atoms with Crippen molar-refractivity contribution in [1.29, 1.82) is 0 Å². The number of fused-ring (bicyclic) bond motifs is 4. The van der Waals surface area contributed by atoms with Crippen LogP contribution < -0.4 is 10.6 Å². The Morgan fingerprint density at radius 1 is 0.846 bits per heavy atom. The Labute approximate surface area is 152 Å². The molecule has 1 heterocycles. The molecule has 1 nitrogen and oxygen atoms in total. The molecule has 0 unspecified atom stereocenters. The van der Waals surface area contributed by atoms with Gasteiger partial charge in [0.2, 0.25) is 0 Å². The normalized spacial score (nSPS) is 19.1. The van der Waals surface area contributed by atoms with Crippen molar-refractivity contribution in [3.63, 3.8) is 0 Å². The van der Waals surface area contributed by atoms with Crippen LogP contribution in [0.2, 0.25) is 0 Å². The van der Waals surface area contributed by atoms with E-state index in [2.05, 4.69) is 78.9 Å². The molecule has 4 aliphatic rings. The third-order valence-electron chi connectivity index (χ3n) is 5.68. The predicted molar refractivity (Wildman–Crippen MR) is 106 cm³/mol. The molecule has 0 radical (unpaired) electrons. The molecule has 0 N–H and O–H groups in total. The topological polar surface area (TPSA) is 12.4 Å². The highest BCUT2D eigenvalue weighted by Gasteiger charge is 2.28. The Morgan fingerprint density at radius 3 is 2.69 bits per heavy atom. The minimum atomic E-state index is 0.973. The molecule has 2 aromatic rings. The molecule has 0 amide bonds. The van der Waals surface area contributed by atoms with Gasteiger partial charge in [0.05, 0.1) is 11.1 Å². The third kappa shape index (κ3) is 1.89. The van der Waals surface area contributed by atoms with Gasteiger partial charge in [-0.1, -0.05) is 60.7 Å². The van der Waals surface area contributed by atoms with Crippen LogP contribution >= 0.6 is 0 Å². The zero-order valence-electron chi connectivity index (χ0n) is 14.4. The second-order valence-electron chi connectivity index (χ2n) is 7.15. The summed E-state index contributed by atoms with van der Waals surface area (Å²) in [5, 5.41) is 2.42. The molecule has 0 saturated carbocycles. The van der Waals surface area contributed by atoms with Crippen LogP contribution in [0.4, 0.5) is 0 Å². The summed E-state index contributed by atoms with van der Waals surface area (Å²) in [6.07, 6.45) is 13.5. The molecule has 3 aliphatic carbocycles. The Bertz CT molecular complexity index is 1240. The van der Waals surface area contributed by atoms with Crippen molar-refractivity contribution in [2.24, 2.45) is 4.99 Å². The predicted octanol–water partition coefficient (Wildman–Crippen LogP) is 4.55. The van der Waals surface area contributed by atoms with Gasteiger partial charge in [0.1, 0.15) is 0 Å². The van der Waals surface area contributed by atoms with Crippen molar-refractivity contribution >= 4 is 5.57 Å². The second-order valence-corrected chi connectivity index (χ2v) is 7.15. The van der Waals surface area contributed by atoms with Gasteiger partial charge in [0.25, 0.3) is 0 Å². The Morgan fingerprint density at radius 2 is 1.77 bits per heavy atom. The summed E-state index contributed by atoms with van der Waals surface area (Å²) in [7, 11) is 0. The molecule has 0 bridgehead atoms. The molecule has 1 aliphatic heterocycles. The lowest BCUT2D eigenvalue weighted by Gasteiger charge is -2.17. The molecule has 26 heavy (non-hydrogen) atoms. The minimum Gasteiger partial charge on any atom is -0.248 e. The Balaban J connectivity index is 1.59. The maximum Gasteiger partial charge on any atom is 0.0719 e. The quantitative estimate of drug-likeness (QED) is 0.727. The fourth-order valence-electron chi connectivity index (χ4n) is 4.50. The third-order valence-corrected chi connectivity index (χ3v) is 5.68. The van der Waals surface area contributed by atoms with E-state index in [0.29, 0.717) is 0 Å². The summed E-state index contributed by atoms with van der Waals surface area (Å²) in [4.78, 5) is 4.96. The number of hydrogen-bond acceptors (Lipinski definition) is 1. The summed E-state index contributed by atoms with van der Waals surface area (Å²) >= 11 is 0. The first-order valence-corrected chi connectivity index (χ1v) is 9.19. The number of rotatable bonds is 1. The van der Waals surface area contributed by atoms with E-state index in [0.717, 1.165) is 23.9 Å². The average molecular weight is 331 g/mol. The highest BCUT2D eigenvalue weighted by molar-refractivity contribution is 5.83. The standard InChI is InChI=1S/C25H17N/c1-2-7-16(8-3-1)20-11-6-12-23-25(20)22-15-21-18(14-24(22)26-23)13-17-9-4-5-10-19(17)21/h1-4,6-14H,5,15H2. The van der Waals surface area contributed by atoms with Crippen LogP contribution in [0.3, 0.4) is 0 Å². The van der Waals surface area contributed by atoms with Gasteiger partial charge in [0, 0.05) is 11.6 Å². The molecular weight excluding hydrogens is 314 g/mol. The van der Waals surface area contributed by atoms with Gasteiger partial charge in [0.15, 0.2) is 0 Å². The first kappa shape index (κ1) is 14.0. The maximum absolute atomic E-state index is 4.96. The molecule has 0 saturated heterocycles. The summed E-state index contributed by atoms with van der Waals surface area (Å²) < 4.78 is 0. The number of hydrogen-bond donors (Lipinski definition) is 0. The molecule has 2 aromatic carbocycles. The molecule has 0 atom stereocenters. The zero-order chi connectivity index (χ0) is 17.1. The van der Waals surface area contributed by atoms with E-state index in [1.807, 2.05) is 0 Å².